The van der Waals surface area contributed by atoms with Crippen molar-refractivity contribution in [2.24, 2.45) is 5.10 Å². The quantitative estimate of drug-likeness (QED) is 0.696. The molecule has 0 bridgehead atoms. The van der Waals surface area contributed by atoms with E-state index in [0.717, 1.165) is 24.0 Å². The number of nitrogens with one attached hydrogen (secondary N) is 1. The van der Waals surface area contributed by atoms with Crippen LogP contribution in [-0.2, 0) is 4.79 Å². The van der Waals surface area contributed by atoms with Crippen molar-refractivity contribution < 1.29 is 4.79 Å². The second-order valence-electron chi connectivity index (χ2n) is 5.70. The van der Waals surface area contributed by atoms with Gasteiger partial charge in [-0.2, -0.15) is 5.10 Å². The van der Waals surface area contributed by atoms with Crippen LogP contribution in [0.1, 0.15) is 24.8 Å². The summed E-state index contributed by atoms with van der Waals surface area (Å²) < 4.78 is 0. The van der Waals surface area contributed by atoms with Gasteiger partial charge in [-0.1, -0.05) is 48.9 Å². The molecule has 0 spiro atoms. The molecule has 0 aromatic heterocycles. The van der Waals surface area contributed by atoms with Crippen LogP contribution in [0.25, 0.3) is 10.8 Å². The molecule has 1 aliphatic rings. The molecule has 2 aromatic rings. The predicted octanol–water partition coefficient (Wildman–Crippen LogP) is 2.78. The molecule has 1 saturated heterocycles. The molecule has 4 heteroatoms. The van der Waals surface area contributed by atoms with Crippen molar-refractivity contribution in [2.75, 3.05) is 19.6 Å². The monoisotopic (exact) mass is 295 g/mol. The van der Waals surface area contributed by atoms with Gasteiger partial charge in [0.2, 0.25) is 0 Å². The number of carbonyl (C=O) groups excluding carboxylic acids is 1. The zero-order valence-electron chi connectivity index (χ0n) is 12.7. The molecule has 0 radical (unpaired) electrons. The third-order valence-corrected chi connectivity index (χ3v) is 4.03. The van der Waals surface area contributed by atoms with Gasteiger partial charge in [0.05, 0.1) is 12.8 Å². The Kier molecular flexibility index (Phi) is 4.81. The Hall–Kier alpha value is -2.20. The van der Waals surface area contributed by atoms with Crippen molar-refractivity contribution in [3.05, 3.63) is 48.0 Å². The molecular weight excluding hydrogens is 274 g/mol. The fourth-order valence-corrected chi connectivity index (χ4v) is 2.89. The second-order valence-corrected chi connectivity index (χ2v) is 5.70. The van der Waals surface area contributed by atoms with Gasteiger partial charge in [-0.05, 0) is 36.7 Å². The predicted molar refractivity (Wildman–Crippen MR) is 90.0 cm³/mol. The van der Waals surface area contributed by atoms with Gasteiger partial charge in [0.15, 0.2) is 0 Å². The Bertz CT molecular complexity index is 670. The lowest BCUT2D eigenvalue weighted by atomic mass is 10.1. The summed E-state index contributed by atoms with van der Waals surface area (Å²) in [5.74, 6) is -0.0432. The lowest BCUT2D eigenvalue weighted by molar-refractivity contribution is -0.122. The minimum absolute atomic E-state index is 0.0432. The highest BCUT2D eigenvalue weighted by atomic mass is 16.2. The fourth-order valence-electron chi connectivity index (χ4n) is 2.89. The van der Waals surface area contributed by atoms with E-state index in [4.69, 9.17) is 0 Å². The molecule has 1 N–H and O–H groups in total. The van der Waals surface area contributed by atoms with Gasteiger partial charge < -0.3 is 0 Å². The maximum atomic E-state index is 11.9. The Labute approximate surface area is 130 Å². The van der Waals surface area contributed by atoms with E-state index in [9.17, 15) is 4.79 Å². The number of hydrazone groups is 1. The number of hydrogen-bond donors (Lipinski definition) is 1. The van der Waals surface area contributed by atoms with Crippen molar-refractivity contribution in [1.29, 1.82) is 0 Å². The molecule has 114 valence electrons. The molecule has 2 aromatic carbocycles. The lowest BCUT2D eigenvalue weighted by Gasteiger charge is -2.25. The van der Waals surface area contributed by atoms with Crippen molar-refractivity contribution >= 4 is 22.9 Å². The first-order valence-corrected chi connectivity index (χ1v) is 7.85. The lowest BCUT2D eigenvalue weighted by Crippen LogP contribution is -2.38. The molecule has 1 amide bonds. The van der Waals surface area contributed by atoms with Gasteiger partial charge in [0, 0.05) is 5.56 Å². The number of carbonyl (C=O) groups is 1. The van der Waals surface area contributed by atoms with Crippen LogP contribution in [0.15, 0.2) is 47.6 Å². The molecule has 3 rings (SSSR count). The first-order chi connectivity index (χ1) is 10.8. The van der Waals surface area contributed by atoms with Crippen LogP contribution in [0.3, 0.4) is 0 Å². The number of fused-ring (bicyclic) bond motifs is 1. The van der Waals surface area contributed by atoms with Gasteiger partial charge in [0.1, 0.15) is 0 Å². The van der Waals surface area contributed by atoms with E-state index >= 15 is 0 Å². The molecule has 0 saturated carbocycles. The van der Waals surface area contributed by atoms with E-state index in [1.54, 1.807) is 6.21 Å². The molecule has 1 aliphatic heterocycles. The van der Waals surface area contributed by atoms with Gasteiger partial charge >= 0.3 is 0 Å². The molecule has 4 nitrogen and oxygen atoms in total. The maximum absolute atomic E-state index is 11.9. The van der Waals surface area contributed by atoms with Gasteiger partial charge in [-0.15, -0.1) is 0 Å². The zero-order chi connectivity index (χ0) is 15.2. The van der Waals surface area contributed by atoms with E-state index in [1.165, 1.54) is 24.6 Å². The number of benzene rings is 2. The fraction of sp³-hybridized carbons (Fsp3) is 0.333. The summed E-state index contributed by atoms with van der Waals surface area (Å²) in [6.07, 6.45) is 5.37. The third-order valence-electron chi connectivity index (χ3n) is 4.03. The van der Waals surface area contributed by atoms with Crippen LogP contribution >= 0.6 is 0 Å². The Balaban J connectivity index is 1.60. The first kappa shape index (κ1) is 14.7. The number of amides is 1. The largest absolute Gasteiger partial charge is 0.294 e. The van der Waals surface area contributed by atoms with E-state index in [0.29, 0.717) is 6.54 Å². The molecule has 0 atom stereocenters. The van der Waals surface area contributed by atoms with Crippen LogP contribution in [0, 0.1) is 0 Å². The van der Waals surface area contributed by atoms with Crippen LogP contribution < -0.4 is 5.43 Å². The summed E-state index contributed by atoms with van der Waals surface area (Å²) in [7, 11) is 0. The molecule has 0 aliphatic carbocycles. The van der Waals surface area contributed by atoms with Crippen molar-refractivity contribution in [2.45, 2.75) is 19.3 Å². The maximum Gasteiger partial charge on any atom is 0.254 e. The van der Waals surface area contributed by atoms with Crippen molar-refractivity contribution in [3.63, 3.8) is 0 Å². The average Bonchev–Trinajstić information content (AvgIpc) is 2.56. The summed E-state index contributed by atoms with van der Waals surface area (Å²) in [6.45, 7) is 2.47. The number of hydrogen-bond acceptors (Lipinski definition) is 3. The Morgan fingerprint density at radius 3 is 2.73 bits per heavy atom. The van der Waals surface area contributed by atoms with E-state index in [-0.39, 0.29) is 5.91 Å². The highest BCUT2D eigenvalue weighted by Crippen LogP contribution is 2.16. The average molecular weight is 295 g/mol. The minimum atomic E-state index is -0.0432. The normalized spacial score (nSPS) is 16.2. The molecule has 0 unspecified atom stereocenters. The summed E-state index contributed by atoms with van der Waals surface area (Å²) in [5, 5.41) is 6.42. The van der Waals surface area contributed by atoms with E-state index in [2.05, 4.69) is 33.6 Å². The number of piperidine rings is 1. The van der Waals surface area contributed by atoms with Crippen LogP contribution in [0.5, 0.6) is 0 Å². The number of rotatable bonds is 4. The first-order valence-electron chi connectivity index (χ1n) is 7.85. The van der Waals surface area contributed by atoms with Gasteiger partial charge in [-0.3, -0.25) is 9.69 Å². The second kappa shape index (κ2) is 7.18. The van der Waals surface area contributed by atoms with Gasteiger partial charge in [-0.25, -0.2) is 5.43 Å². The summed E-state index contributed by atoms with van der Waals surface area (Å²) in [4.78, 5) is 14.1. The number of likely N-dealkylation sites (tertiary alicyclic amines) is 1. The smallest absolute Gasteiger partial charge is 0.254 e. The van der Waals surface area contributed by atoms with Crippen LogP contribution in [-0.4, -0.2) is 36.7 Å². The van der Waals surface area contributed by atoms with Crippen LogP contribution in [0.4, 0.5) is 0 Å². The van der Waals surface area contributed by atoms with E-state index < -0.39 is 0 Å². The Morgan fingerprint density at radius 1 is 1.09 bits per heavy atom. The van der Waals surface area contributed by atoms with Crippen molar-refractivity contribution in [1.82, 2.24) is 10.3 Å². The van der Waals surface area contributed by atoms with Gasteiger partial charge in [0.25, 0.3) is 5.91 Å². The topological polar surface area (TPSA) is 44.7 Å². The minimum Gasteiger partial charge on any atom is -0.294 e. The molecule has 1 heterocycles. The standard InChI is InChI=1S/C18H21N3O/c22-18(14-21-11-4-1-5-12-21)20-19-13-16-9-6-8-15-7-2-3-10-17(15)16/h2-3,6-10,13H,1,4-5,11-12,14H2,(H,20,22). The summed E-state index contributed by atoms with van der Waals surface area (Å²) >= 11 is 0. The summed E-state index contributed by atoms with van der Waals surface area (Å²) in [5.41, 5.74) is 3.64. The molecule has 22 heavy (non-hydrogen) atoms. The number of nitrogens with zero attached hydrogens (tertiary/aromatic N) is 2. The third kappa shape index (κ3) is 3.71. The molecule has 1 fully saturated rings. The molecular formula is C18H21N3O. The van der Waals surface area contributed by atoms with E-state index in [1.807, 2.05) is 24.3 Å². The highest BCUT2D eigenvalue weighted by molar-refractivity contribution is 5.99. The highest BCUT2D eigenvalue weighted by Gasteiger charge is 2.13. The Morgan fingerprint density at radius 2 is 1.86 bits per heavy atom. The zero-order valence-corrected chi connectivity index (χ0v) is 12.7. The SMILES string of the molecule is O=C(CN1CCCCC1)NN=Cc1cccc2ccccc12. The van der Waals surface area contributed by atoms with Crippen molar-refractivity contribution in [3.8, 4) is 0 Å². The summed E-state index contributed by atoms with van der Waals surface area (Å²) in [6, 6.07) is 14.2. The van der Waals surface area contributed by atoms with Crippen LogP contribution in [0.2, 0.25) is 0 Å².